The minimum atomic E-state index is -3.57. The van der Waals surface area contributed by atoms with E-state index in [1.165, 1.54) is 4.31 Å². The Balaban J connectivity index is 3.20. The Morgan fingerprint density at radius 2 is 1.95 bits per heavy atom. The number of carbonyl (C=O) groups is 1. The van der Waals surface area contributed by atoms with Gasteiger partial charge in [0.05, 0.1) is 11.9 Å². The molecule has 0 saturated heterocycles. The lowest BCUT2D eigenvalue weighted by Gasteiger charge is -2.30. The standard InChI is InChI=1S/C15H22N2O3S/c1-5-11-16-15(18)14(6-2)17(21(4,19)20)13-9-7-12(3)8-10-13/h5,7-10,14H,1,6,11H2,2-4H3,(H,16,18)/t14-/m1/s1. The highest BCUT2D eigenvalue weighted by Gasteiger charge is 2.30. The Morgan fingerprint density at radius 1 is 1.38 bits per heavy atom. The second-order valence-corrected chi connectivity index (χ2v) is 6.71. The van der Waals surface area contributed by atoms with Gasteiger partial charge in [0.15, 0.2) is 0 Å². The summed E-state index contributed by atoms with van der Waals surface area (Å²) >= 11 is 0. The van der Waals surface area contributed by atoms with E-state index in [-0.39, 0.29) is 5.91 Å². The summed E-state index contributed by atoms with van der Waals surface area (Å²) < 4.78 is 25.4. The van der Waals surface area contributed by atoms with Crippen LogP contribution in [0.3, 0.4) is 0 Å². The molecule has 21 heavy (non-hydrogen) atoms. The first kappa shape index (κ1) is 17.2. The first-order chi connectivity index (χ1) is 9.81. The second-order valence-electron chi connectivity index (χ2n) is 4.85. The fourth-order valence-electron chi connectivity index (χ4n) is 2.04. The molecule has 0 unspecified atom stereocenters. The van der Waals surface area contributed by atoms with Gasteiger partial charge in [0.2, 0.25) is 15.9 Å². The molecule has 0 radical (unpaired) electrons. The second kappa shape index (κ2) is 7.26. The minimum absolute atomic E-state index is 0.306. The molecule has 1 amide bonds. The minimum Gasteiger partial charge on any atom is -0.351 e. The predicted molar refractivity (Wildman–Crippen MR) is 85.8 cm³/mol. The van der Waals surface area contributed by atoms with Crippen LogP contribution in [0.2, 0.25) is 0 Å². The first-order valence-electron chi connectivity index (χ1n) is 6.76. The molecule has 0 aliphatic rings. The van der Waals surface area contributed by atoms with Gasteiger partial charge in [0, 0.05) is 6.54 Å². The molecule has 0 heterocycles. The van der Waals surface area contributed by atoms with Crippen molar-refractivity contribution >= 4 is 21.6 Å². The highest BCUT2D eigenvalue weighted by molar-refractivity contribution is 7.92. The fourth-order valence-corrected chi connectivity index (χ4v) is 3.25. The molecule has 5 nitrogen and oxygen atoms in total. The molecule has 0 aromatic heterocycles. The Bertz CT molecular complexity index is 594. The Morgan fingerprint density at radius 3 is 2.38 bits per heavy atom. The number of rotatable bonds is 7. The number of nitrogens with one attached hydrogen (secondary N) is 1. The van der Waals surface area contributed by atoms with E-state index in [1.807, 2.05) is 19.1 Å². The number of aryl methyl sites for hydroxylation is 1. The van der Waals surface area contributed by atoms with Crippen molar-refractivity contribution in [3.8, 4) is 0 Å². The number of amides is 1. The highest BCUT2D eigenvalue weighted by atomic mass is 32.2. The molecule has 1 rings (SSSR count). The zero-order chi connectivity index (χ0) is 16.0. The van der Waals surface area contributed by atoms with Crippen molar-refractivity contribution in [2.24, 2.45) is 0 Å². The van der Waals surface area contributed by atoms with Gasteiger partial charge in [-0.2, -0.15) is 0 Å². The monoisotopic (exact) mass is 310 g/mol. The maximum atomic E-state index is 12.2. The molecule has 1 atom stereocenters. The van der Waals surface area contributed by atoms with Crippen LogP contribution in [0.25, 0.3) is 0 Å². The van der Waals surface area contributed by atoms with E-state index in [0.29, 0.717) is 18.7 Å². The molecule has 1 aromatic carbocycles. The number of sulfonamides is 1. The third-order valence-electron chi connectivity index (χ3n) is 3.04. The average Bonchev–Trinajstić information content (AvgIpc) is 2.42. The van der Waals surface area contributed by atoms with Gasteiger partial charge < -0.3 is 5.32 Å². The van der Waals surface area contributed by atoms with Crippen molar-refractivity contribution < 1.29 is 13.2 Å². The molecule has 0 spiro atoms. The fraction of sp³-hybridized carbons (Fsp3) is 0.400. The average molecular weight is 310 g/mol. The largest absolute Gasteiger partial charge is 0.351 e. The van der Waals surface area contributed by atoms with Crippen LogP contribution < -0.4 is 9.62 Å². The van der Waals surface area contributed by atoms with E-state index >= 15 is 0 Å². The summed E-state index contributed by atoms with van der Waals surface area (Å²) in [5.41, 5.74) is 1.51. The number of anilines is 1. The quantitative estimate of drug-likeness (QED) is 0.782. The van der Waals surface area contributed by atoms with Crippen molar-refractivity contribution in [3.05, 3.63) is 42.5 Å². The van der Waals surface area contributed by atoms with Crippen LogP contribution in [-0.2, 0) is 14.8 Å². The van der Waals surface area contributed by atoms with Crippen molar-refractivity contribution in [1.82, 2.24) is 5.32 Å². The van der Waals surface area contributed by atoms with Crippen molar-refractivity contribution in [1.29, 1.82) is 0 Å². The molecular weight excluding hydrogens is 288 g/mol. The van der Waals surface area contributed by atoms with Gasteiger partial charge in [-0.1, -0.05) is 30.7 Å². The number of carbonyl (C=O) groups excluding carboxylic acids is 1. The van der Waals surface area contributed by atoms with Gasteiger partial charge in [-0.25, -0.2) is 8.42 Å². The van der Waals surface area contributed by atoms with Crippen LogP contribution in [0.4, 0.5) is 5.69 Å². The summed E-state index contributed by atoms with van der Waals surface area (Å²) in [4.78, 5) is 12.2. The lowest BCUT2D eigenvalue weighted by Crippen LogP contribution is -2.49. The number of hydrogen-bond donors (Lipinski definition) is 1. The topological polar surface area (TPSA) is 66.5 Å². The number of nitrogens with zero attached hydrogens (tertiary/aromatic N) is 1. The molecule has 0 saturated carbocycles. The van der Waals surface area contributed by atoms with Crippen LogP contribution in [-0.4, -0.2) is 33.2 Å². The van der Waals surface area contributed by atoms with Crippen molar-refractivity contribution in [3.63, 3.8) is 0 Å². The molecule has 0 aliphatic carbocycles. The number of hydrogen-bond acceptors (Lipinski definition) is 3. The lowest BCUT2D eigenvalue weighted by molar-refractivity contribution is -0.122. The van der Waals surface area contributed by atoms with Crippen molar-refractivity contribution in [2.75, 3.05) is 17.1 Å². The Kier molecular flexibility index (Phi) is 5.96. The van der Waals surface area contributed by atoms with Crippen LogP contribution in [0, 0.1) is 6.92 Å². The Labute approximate surface area is 126 Å². The SMILES string of the molecule is C=CCNC(=O)[C@@H](CC)N(c1ccc(C)cc1)S(C)(=O)=O. The first-order valence-corrected chi connectivity index (χ1v) is 8.60. The van der Waals surface area contributed by atoms with Crippen molar-refractivity contribution in [2.45, 2.75) is 26.3 Å². The summed E-state index contributed by atoms with van der Waals surface area (Å²) in [7, 11) is -3.57. The zero-order valence-electron chi connectivity index (χ0n) is 12.7. The smallest absolute Gasteiger partial charge is 0.244 e. The summed E-state index contributed by atoms with van der Waals surface area (Å²) in [6.07, 6.45) is 3.04. The maximum absolute atomic E-state index is 12.2. The maximum Gasteiger partial charge on any atom is 0.244 e. The highest BCUT2D eigenvalue weighted by Crippen LogP contribution is 2.22. The van der Waals surface area contributed by atoms with E-state index in [2.05, 4.69) is 11.9 Å². The van der Waals surface area contributed by atoms with E-state index in [9.17, 15) is 13.2 Å². The Hall–Kier alpha value is -1.82. The van der Waals surface area contributed by atoms with Gasteiger partial charge in [0.1, 0.15) is 6.04 Å². The van der Waals surface area contributed by atoms with E-state index in [1.54, 1.807) is 25.1 Å². The lowest BCUT2D eigenvalue weighted by atomic mass is 10.1. The van der Waals surface area contributed by atoms with Gasteiger partial charge in [-0.05, 0) is 25.5 Å². The van der Waals surface area contributed by atoms with Crippen LogP contribution in [0.15, 0.2) is 36.9 Å². The van der Waals surface area contributed by atoms with Gasteiger partial charge in [-0.15, -0.1) is 6.58 Å². The molecule has 6 heteroatoms. The molecular formula is C15H22N2O3S. The molecule has 1 N–H and O–H groups in total. The normalized spacial score (nSPS) is 12.5. The molecule has 1 aromatic rings. The van der Waals surface area contributed by atoms with Crippen LogP contribution >= 0.6 is 0 Å². The van der Waals surface area contributed by atoms with E-state index in [4.69, 9.17) is 0 Å². The van der Waals surface area contributed by atoms with E-state index in [0.717, 1.165) is 11.8 Å². The van der Waals surface area contributed by atoms with Gasteiger partial charge >= 0.3 is 0 Å². The van der Waals surface area contributed by atoms with E-state index < -0.39 is 16.1 Å². The molecule has 116 valence electrons. The number of benzene rings is 1. The summed E-state index contributed by atoms with van der Waals surface area (Å²) in [6, 6.07) is 6.28. The molecule has 0 aliphatic heterocycles. The third kappa shape index (κ3) is 4.60. The summed E-state index contributed by atoms with van der Waals surface area (Å²) in [5, 5.41) is 2.65. The summed E-state index contributed by atoms with van der Waals surface area (Å²) in [6.45, 7) is 7.54. The summed E-state index contributed by atoms with van der Waals surface area (Å²) in [5.74, 6) is -0.330. The van der Waals surface area contributed by atoms with Crippen LogP contribution in [0.1, 0.15) is 18.9 Å². The third-order valence-corrected chi connectivity index (χ3v) is 4.22. The zero-order valence-corrected chi connectivity index (χ0v) is 13.5. The van der Waals surface area contributed by atoms with Crippen LogP contribution in [0.5, 0.6) is 0 Å². The molecule has 0 fully saturated rings. The van der Waals surface area contributed by atoms with Gasteiger partial charge in [-0.3, -0.25) is 9.10 Å². The molecule has 0 bridgehead atoms. The predicted octanol–water partition coefficient (Wildman–Crippen LogP) is 1.84. The van der Waals surface area contributed by atoms with Gasteiger partial charge in [0.25, 0.3) is 0 Å².